The summed E-state index contributed by atoms with van der Waals surface area (Å²) in [6, 6.07) is 3.03. The van der Waals surface area contributed by atoms with Gasteiger partial charge in [-0.05, 0) is 19.1 Å². The second-order valence-corrected chi connectivity index (χ2v) is 7.83. The van der Waals surface area contributed by atoms with Crippen LogP contribution in [0.2, 0.25) is 0 Å². The molecule has 1 fully saturated rings. The Morgan fingerprint density at radius 2 is 2.00 bits per heavy atom. The van der Waals surface area contributed by atoms with Gasteiger partial charge in [-0.3, -0.25) is 19.8 Å². The van der Waals surface area contributed by atoms with E-state index < -0.39 is 29.3 Å². The fraction of sp³-hybridized carbons (Fsp3) is 0.444. The van der Waals surface area contributed by atoms with Crippen LogP contribution < -0.4 is 4.74 Å². The highest BCUT2D eigenvalue weighted by atomic mass is 32.1. The molecule has 1 aromatic heterocycles. The Balaban J connectivity index is 1.68. The van der Waals surface area contributed by atoms with E-state index in [1.807, 2.05) is 12.3 Å². The Hall–Kier alpha value is -2.73. The molecule has 8 nitrogen and oxygen atoms in total. The van der Waals surface area contributed by atoms with Crippen LogP contribution in [-0.4, -0.2) is 64.6 Å². The first-order chi connectivity index (χ1) is 14.1. The average Bonchev–Trinajstić information content (AvgIpc) is 3.10. The number of rotatable bonds is 6. The zero-order valence-electron chi connectivity index (χ0n) is 16.0. The predicted octanol–water partition coefficient (Wildman–Crippen LogP) is 3.26. The van der Waals surface area contributed by atoms with Crippen LogP contribution >= 0.6 is 11.3 Å². The Kier molecular flexibility index (Phi) is 6.56. The fourth-order valence-corrected chi connectivity index (χ4v) is 3.69. The number of piperazine rings is 1. The van der Waals surface area contributed by atoms with Crippen LogP contribution in [0.4, 0.5) is 18.9 Å². The maximum Gasteiger partial charge on any atom is 0.422 e. The number of benzene rings is 1. The number of aryl methyl sites for hydroxylation is 1. The molecule has 0 saturated carbocycles. The lowest BCUT2D eigenvalue weighted by Crippen LogP contribution is -2.48. The number of nitro benzene ring substituents is 1. The molecule has 1 aromatic carbocycles. The molecule has 2 heterocycles. The van der Waals surface area contributed by atoms with Crippen LogP contribution in [0.3, 0.4) is 0 Å². The molecule has 1 amide bonds. The molecule has 0 spiro atoms. The van der Waals surface area contributed by atoms with Crippen molar-refractivity contribution >= 4 is 22.9 Å². The van der Waals surface area contributed by atoms with E-state index in [2.05, 4.69) is 14.6 Å². The Morgan fingerprint density at radius 1 is 1.30 bits per heavy atom. The Bertz CT molecular complexity index is 926. The molecule has 30 heavy (non-hydrogen) atoms. The third-order valence-electron chi connectivity index (χ3n) is 4.51. The van der Waals surface area contributed by atoms with Crippen LogP contribution in [0.5, 0.6) is 5.75 Å². The summed E-state index contributed by atoms with van der Waals surface area (Å²) in [5, 5.41) is 14.2. The summed E-state index contributed by atoms with van der Waals surface area (Å²) in [5.41, 5.74) is 0.186. The minimum Gasteiger partial charge on any atom is -0.484 e. The highest BCUT2D eigenvalue weighted by Gasteiger charge is 2.31. The molecular formula is C18H19F3N4O4S. The molecule has 2 aromatic rings. The van der Waals surface area contributed by atoms with Crippen LogP contribution in [-0.2, 0) is 6.54 Å². The topological polar surface area (TPSA) is 88.8 Å². The summed E-state index contributed by atoms with van der Waals surface area (Å²) in [6.07, 6.45) is -4.56. The van der Waals surface area contributed by atoms with Crippen molar-refractivity contribution < 1.29 is 27.6 Å². The molecule has 0 bridgehead atoms. The van der Waals surface area contributed by atoms with E-state index in [4.69, 9.17) is 0 Å². The van der Waals surface area contributed by atoms with Crippen LogP contribution in [0.1, 0.15) is 21.1 Å². The molecule has 0 radical (unpaired) electrons. The van der Waals surface area contributed by atoms with E-state index in [1.54, 1.807) is 11.3 Å². The van der Waals surface area contributed by atoms with Crippen LogP contribution in [0.25, 0.3) is 0 Å². The van der Waals surface area contributed by atoms with Gasteiger partial charge in [-0.2, -0.15) is 13.2 Å². The summed E-state index contributed by atoms with van der Waals surface area (Å²) in [5.74, 6) is -0.859. The summed E-state index contributed by atoms with van der Waals surface area (Å²) in [4.78, 5) is 31.4. The smallest absolute Gasteiger partial charge is 0.422 e. The number of aromatic nitrogens is 1. The van der Waals surface area contributed by atoms with Gasteiger partial charge < -0.3 is 9.64 Å². The van der Waals surface area contributed by atoms with Gasteiger partial charge in [0.25, 0.3) is 11.6 Å². The van der Waals surface area contributed by atoms with Crippen LogP contribution in [0.15, 0.2) is 23.6 Å². The standard InChI is InChI=1S/C18H19F3N4O4S/c1-12-22-13(10-30-12)9-23-4-6-24(7-5-23)17(26)15-8-14(29-11-18(19,20)21)2-3-16(15)25(27)28/h2-3,8,10H,4-7,9,11H2,1H3. The zero-order valence-corrected chi connectivity index (χ0v) is 16.8. The normalized spacial score (nSPS) is 15.3. The van der Waals surface area contributed by atoms with Gasteiger partial charge in [0.1, 0.15) is 11.3 Å². The van der Waals surface area contributed by atoms with Gasteiger partial charge in [-0.25, -0.2) is 4.98 Å². The lowest BCUT2D eigenvalue weighted by molar-refractivity contribution is -0.385. The molecule has 3 rings (SSSR count). The molecule has 1 aliphatic rings. The number of nitrogens with zero attached hydrogens (tertiary/aromatic N) is 4. The number of hydrogen-bond donors (Lipinski definition) is 0. The molecule has 1 aliphatic heterocycles. The predicted molar refractivity (Wildman–Crippen MR) is 103 cm³/mol. The van der Waals surface area contributed by atoms with Gasteiger partial charge in [0.2, 0.25) is 0 Å². The number of hydrogen-bond acceptors (Lipinski definition) is 7. The number of alkyl halides is 3. The average molecular weight is 444 g/mol. The molecule has 162 valence electrons. The number of nitro groups is 1. The third kappa shape index (κ3) is 5.66. The fourth-order valence-electron chi connectivity index (χ4n) is 3.09. The van der Waals surface area contributed by atoms with Gasteiger partial charge in [0.05, 0.1) is 15.6 Å². The number of ether oxygens (including phenoxy) is 1. The summed E-state index contributed by atoms with van der Waals surface area (Å²) < 4.78 is 41.8. The lowest BCUT2D eigenvalue weighted by Gasteiger charge is -2.34. The first kappa shape index (κ1) is 22.0. The van der Waals surface area contributed by atoms with E-state index >= 15 is 0 Å². The Morgan fingerprint density at radius 3 is 2.57 bits per heavy atom. The molecule has 12 heteroatoms. The van der Waals surface area contributed by atoms with Crippen molar-refractivity contribution in [2.24, 2.45) is 0 Å². The van der Waals surface area contributed by atoms with E-state index in [0.29, 0.717) is 32.7 Å². The minimum atomic E-state index is -4.56. The molecule has 0 unspecified atom stereocenters. The monoisotopic (exact) mass is 444 g/mol. The second kappa shape index (κ2) is 8.96. The summed E-state index contributed by atoms with van der Waals surface area (Å²) >= 11 is 1.56. The molecule has 0 aliphatic carbocycles. The maximum atomic E-state index is 12.9. The number of amides is 1. The van der Waals surface area contributed by atoms with Gasteiger partial charge >= 0.3 is 6.18 Å². The van der Waals surface area contributed by atoms with Crippen molar-refractivity contribution in [3.05, 3.63) is 50.0 Å². The van der Waals surface area contributed by atoms with Gasteiger partial charge in [0, 0.05) is 44.2 Å². The van der Waals surface area contributed by atoms with E-state index in [1.165, 1.54) is 4.90 Å². The van der Waals surface area contributed by atoms with Gasteiger partial charge in [-0.1, -0.05) is 0 Å². The molecule has 0 atom stereocenters. The molecular weight excluding hydrogens is 425 g/mol. The first-order valence-electron chi connectivity index (χ1n) is 9.03. The number of carbonyl (C=O) groups is 1. The minimum absolute atomic E-state index is 0.251. The Labute approximate surface area is 174 Å². The second-order valence-electron chi connectivity index (χ2n) is 6.77. The van der Waals surface area contributed by atoms with Gasteiger partial charge in [0.15, 0.2) is 6.61 Å². The lowest BCUT2D eigenvalue weighted by atomic mass is 10.1. The van der Waals surface area contributed by atoms with E-state index in [0.717, 1.165) is 28.9 Å². The SMILES string of the molecule is Cc1nc(CN2CCN(C(=O)c3cc(OCC(F)(F)F)ccc3[N+](=O)[O-])CC2)cs1. The van der Waals surface area contributed by atoms with E-state index in [-0.39, 0.29) is 11.3 Å². The summed E-state index contributed by atoms with van der Waals surface area (Å²) in [6.45, 7) is 2.81. The van der Waals surface area contributed by atoms with Crippen molar-refractivity contribution in [3.8, 4) is 5.75 Å². The highest BCUT2D eigenvalue weighted by molar-refractivity contribution is 7.09. The van der Waals surface area contributed by atoms with Crippen molar-refractivity contribution in [2.45, 2.75) is 19.6 Å². The van der Waals surface area contributed by atoms with Crippen molar-refractivity contribution in [2.75, 3.05) is 32.8 Å². The third-order valence-corrected chi connectivity index (χ3v) is 5.33. The van der Waals surface area contributed by atoms with Crippen molar-refractivity contribution in [3.63, 3.8) is 0 Å². The number of halogens is 3. The number of thiazole rings is 1. The zero-order chi connectivity index (χ0) is 21.9. The molecule has 1 saturated heterocycles. The quantitative estimate of drug-likeness (QED) is 0.502. The maximum absolute atomic E-state index is 12.9. The highest BCUT2D eigenvalue weighted by Crippen LogP contribution is 2.27. The van der Waals surface area contributed by atoms with E-state index in [9.17, 15) is 28.1 Å². The van der Waals surface area contributed by atoms with Crippen molar-refractivity contribution in [1.29, 1.82) is 0 Å². The largest absolute Gasteiger partial charge is 0.484 e. The molecule has 0 N–H and O–H groups in total. The first-order valence-corrected chi connectivity index (χ1v) is 9.91. The number of carbonyl (C=O) groups excluding carboxylic acids is 1. The van der Waals surface area contributed by atoms with Crippen molar-refractivity contribution in [1.82, 2.24) is 14.8 Å². The summed E-state index contributed by atoms with van der Waals surface area (Å²) in [7, 11) is 0. The van der Waals surface area contributed by atoms with Crippen LogP contribution in [0, 0.1) is 17.0 Å². The van der Waals surface area contributed by atoms with Gasteiger partial charge in [-0.15, -0.1) is 11.3 Å².